The predicted molar refractivity (Wildman–Crippen MR) is 43.6 cm³/mol. The van der Waals surface area contributed by atoms with Crippen LogP contribution in [-0.4, -0.2) is 23.2 Å². The normalized spacial score (nSPS) is 34.1. The number of hydrogen-bond donors (Lipinski definition) is 1. The van der Waals surface area contributed by atoms with Gasteiger partial charge in [0.25, 0.3) is 0 Å². The van der Waals surface area contributed by atoms with E-state index < -0.39 is 17.7 Å². The van der Waals surface area contributed by atoms with Gasteiger partial charge < -0.3 is 9.90 Å². The molecule has 82 valence electrons. The van der Waals surface area contributed by atoms with E-state index in [-0.39, 0.29) is 19.3 Å². The molecule has 0 aliphatic heterocycles. The third-order valence-electron chi connectivity index (χ3n) is 2.75. The standard InChI is InChI=1S/C9H13F3O2/c10-9(11,12)7-2-1-3-8(14,6-7)4-5-13/h5,7,14H,1-4,6H2. The molecule has 1 saturated carbocycles. The highest BCUT2D eigenvalue weighted by atomic mass is 19.4. The topological polar surface area (TPSA) is 37.3 Å². The van der Waals surface area contributed by atoms with Gasteiger partial charge in [0.15, 0.2) is 0 Å². The first-order valence-corrected chi connectivity index (χ1v) is 4.60. The summed E-state index contributed by atoms with van der Waals surface area (Å²) < 4.78 is 37.0. The Balaban J connectivity index is 2.64. The molecule has 14 heavy (non-hydrogen) atoms. The highest BCUT2D eigenvalue weighted by Crippen LogP contribution is 2.42. The molecule has 1 aliphatic rings. The van der Waals surface area contributed by atoms with Crippen molar-refractivity contribution < 1.29 is 23.1 Å². The Labute approximate surface area is 80.1 Å². The number of halogens is 3. The van der Waals surface area contributed by atoms with Crippen LogP contribution in [0.5, 0.6) is 0 Å². The molecule has 0 saturated heterocycles. The number of alkyl halides is 3. The molecule has 0 heterocycles. The van der Waals surface area contributed by atoms with Gasteiger partial charge in [-0.3, -0.25) is 0 Å². The van der Waals surface area contributed by atoms with Gasteiger partial charge in [0, 0.05) is 6.42 Å². The molecule has 5 heteroatoms. The van der Waals surface area contributed by atoms with Crippen molar-refractivity contribution in [3.05, 3.63) is 0 Å². The first-order valence-electron chi connectivity index (χ1n) is 4.60. The Morgan fingerprint density at radius 1 is 1.50 bits per heavy atom. The van der Waals surface area contributed by atoms with Gasteiger partial charge in [-0.1, -0.05) is 0 Å². The number of carbonyl (C=O) groups excluding carboxylic acids is 1. The van der Waals surface area contributed by atoms with Gasteiger partial charge in [-0.15, -0.1) is 0 Å². The van der Waals surface area contributed by atoms with Crippen molar-refractivity contribution in [3.8, 4) is 0 Å². The lowest BCUT2D eigenvalue weighted by molar-refractivity contribution is -0.200. The largest absolute Gasteiger partial charge is 0.391 e. The maximum absolute atomic E-state index is 12.3. The quantitative estimate of drug-likeness (QED) is 0.708. The zero-order valence-corrected chi connectivity index (χ0v) is 7.68. The molecular formula is C9H13F3O2. The minimum atomic E-state index is -4.25. The molecule has 2 unspecified atom stereocenters. The van der Waals surface area contributed by atoms with E-state index in [0.717, 1.165) is 0 Å². The molecule has 0 aromatic carbocycles. The van der Waals surface area contributed by atoms with Gasteiger partial charge >= 0.3 is 6.18 Å². The predicted octanol–water partition coefficient (Wildman–Crippen LogP) is 2.06. The Hall–Kier alpha value is -0.580. The fourth-order valence-electron chi connectivity index (χ4n) is 1.96. The summed E-state index contributed by atoms with van der Waals surface area (Å²) in [5.41, 5.74) is -1.43. The monoisotopic (exact) mass is 210 g/mol. The summed E-state index contributed by atoms with van der Waals surface area (Å²) in [5.74, 6) is -1.46. The fourth-order valence-corrected chi connectivity index (χ4v) is 1.96. The molecule has 2 atom stereocenters. The number of carbonyl (C=O) groups is 1. The molecule has 0 amide bonds. The molecule has 0 aromatic rings. The van der Waals surface area contributed by atoms with E-state index in [2.05, 4.69) is 0 Å². The third-order valence-corrected chi connectivity index (χ3v) is 2.75. The van der Waals surface area contributed by atoms with E-state index in [1.165, 1.54) is 0 Å². The Bertz CT molecular complexity index is 215. The van der Waals surface area contributed by atoms with Crippen LogP contribution in [0.15, 0.2) is 0 Å². The van der Waals surface area contributed by atoms with Crippen LogP contribution in [0.3, 0.4) is 0 Å². The second-order valence-corrected chi connectivity index (χ2v) is 3.93. The second kappa shape index (κ2) is 3.88. The van der Waals surface area contributed by atoms with Crippen LogP contribution in [0.25, 0.3) is 0 Å². The van der Waals surface area contributed by atoms with Gasteiger partial charge in [0.05, 0.1) is 11.5 Å². The van der Waals surface area contributed by atoms with Crippen molar-refractivity contribution in [1.82, 2.24) is 0 Å². The van der Waals surface area contributed by atoms with Crippen LogP contribution in [0, 0.1) is 5.92 Å². The third kappa shape index (κ3) is 2.70. The highest BCUT2D eigenvalue weighted by molar-refractivity contribution is 5.51. The van der Waals surface area contributed by atoms with Crippen molar-refractivity contribution in [2.24, 2.45) is 5.92 Å². The summed E-state index contributed by atoms with van der Waals surface area (Å²) in [6.45, 7) is 0. The molecule has 1 rings (SSSR count). The van der Waals surface area contributed by atoms with E-state index >= 15 is 0 Å². The Kier molecular flexibility index (Phi) is 3.19. The summed E-state index contributed by atoms with van der Waals surface area (Å²) in [5, 5.41) is 9.67. The number of rotatable bonds is 2. The van der Waals surface area contributed by atoms with Gasteiger partial charge in [-0.25, -0.2) is 0 Å². The molecule has 0 radical (unpaired) electrons. The van der Waals surface area contributed by atoms with Crippen molar-refractivity contribution in [3.63, 3.8) is 0 Å². The van der Waals surface area contributed by atoms with Crippen LogP contribution >= 0.6 is 0 Å². The summed E-state index contributed by atoms with van der Waals surface area (Å²) in [4.78, 5) is 10.2. The maximum atomic E-state index is 12.3. The van der Waals surface area contributed by atoms with Crippen LogP contribution < -0.4 is 0 Å². The van der Waals surface area contributed by atoms with E-state index in [0.29, 0.717) is 19.1 Å². The van der Waals surface area contributed by atoms with Crippen LogP contribution in [-0.2, 0) is 4.79 Å². The average molecular weight is 210 g/mol. The van der Waals surface area contributed by atoms with Gasteiger partial charge in [-0.2, -0.15) is 13.2 Å². The molecule has 0 bridgehead atoms. The molecule has 0 aromatic heterocycles. The average Bonchev–Trinajstić information content (AvgIpc) is 2.02. The minimum absolute atomic E-state index is 0.0602. The molecule has 0 spiro atoms. The summed E-state index contributed by atoms with van der Waals surface area (Å²) >= 11 is 0. The lowest BCUT2D eigenvalue weighted by atomic mass is 9.76. The highest BCUT2D eigenvalue weighted by Gasteiger charge is 2.46. The SMILES string of the molecule is O=CCC1(O)CCCC(C(F)(F)F)C1. The van der Waals surface area contributed by atoms with Crippen LogP contribution in [0.1, 0.15) is 32.1 Å². The molecule has 1 N–H and O–H groups in total. The first kappa shape index (κ1) is 11.5. The van der Waals surface area contributed by atoms with Crippen molar-refractivity contribution >= 4 is 6.29 Å². The second-order valence-electron chi connectivity index (χ2n) is 3.93. The van der Waals surface area contributed by atoms with Crippen molar-refractivity contribution in [2.45, 2.75) is 43.9 Å². The van der Waals surface area contributed by atoms with Gasteiger partial charge in [-0.05, 0) is 25.7 Å². The molecular weight excluding hydrogens is 197 g/mol. The van der Waals surface area contributed by atoms with E-state index in [9.17, 15) is 23.1 Å². The maximum Gasteiger partial charge on any atom is 0.391 e. The molecule has 1 aliphatic carbocycles. The summed E-state index contributed by atoms with van der Waals surface area (Å²) in [6.07, 6.45) is -3.62. The number of aliphatic hydroxyl groups is 1. The van der Waals surface area contributed by atoms with E-state index in [4.69, 9.17) is 0 Å². The Morgan fingerprint density at radius 2 is 2.14 bits per heavy atom. The van der Waals surface area contributed by atoms with E-state index in [1.807, 2.05) is 0 Å². The van der Waals surface area contributed by atoms with Crippen LogP contribution in [0.4, 0.5) is 13.2 Å². The zero-order valence-electron chi connectivity index (χ0n) is 7.68. The van der Waals surface area contributed by atoms with Gasteiger partial charge in [0.1, 0.15) is 6.29 Å². The van der Waals surface area contributed by atoms with Crippen molar-refractivity contribution in [2.75, 3.05) is 0 Å². The van der Waals surface area contributed by atoms with Gasteiger partial charge in [0.2, 0.25) is 0 Å². The summed E-state index contributed by atoms with van der Waals surface area (Å²) in [7, 11) is 0. The lowest BCUT2D eigenvalue weighted by Crippen LogP contribution is -2.40. The minimum Gasteiger partial charge on any atom is -0.389 e. The number of hydrogen-bond acceptors (Lipinski definition) is 2. The van der Waals surface area contributed by atoms with E-state index in [1.54, 1.807) is 0 Å². The van der Waals surface area contributed by atoms with Crippen LogP contribution in [0.2, 0.25) is 0 Å². The first-order chi connectivity index (χ1) is 6.37. The lowest BCUT2D eigenvalue weighted by Gasteiger charge is -2.36. The molecule has 2 nitrogen and oxygen atoms in total. The summed E-state index contributed by atoms with van der Waals surface area (Å²) in [6, 6.07) is 0. The van der Waals surface area contributed by atoms with Crippen molar-refractivity contribution in [1.29, 1.82) is 0 Å². The molecule has 1 fully saturated rings. The fraction of sp³-hybridized carbons (Fsp3) is 0.889. The zero-order chi connectivity index (χ0) is 10.8. The Morgan fingerprint density at radius 3 is 2.64 bits per heavy atom. The smallest absolute Gasteiger partial charge is 0.389 e. The number of aldehydes is 1.